The molecule has 0 radical (unpaired) electrons. The summed E-state index contributed by atoms with van der Waals surface area (Å²) in [6.45, 7) is 6.52. The Morgan fingerprint density at radius 1 is 1.12 bits per heavy atom. The number of benzene rings is 1. The summed E-state index contributed by atoms with van der Waals surface area (Å²) >= 11 is 3.47. The molecule has 25 heavy (non-hydrogen) atoms. The van der Waals surface area contributed by atoms with E-state index in [-0.39, 0.29) is 30.9 Å². The molecule has 0 amide bonds. The number of esters is 2. The molecular weight excluding hydrogens is 384 g/mol. The Labute approximate surface area is 159 Å². The maximum Gasteiger partial charge on any atom is 0.306 e. The molecule has 1 unspecified atom stereocenters. The molecular formula is C20H29BrO4. The Morgan fingerprint density at radius 3 is 2.44 bits per heavy atom. The molecule has 0 saturated heterocycles. The zero-order valence-electron chi connectivity index (χ0n) is 15.4. The van der Waals surface area contributed by atoms with Crippen LogP contribution in [0.3, 0.4) is 0 Å². The monoisotopic (exact) mass is 412 g/mol. The van der Waals surface area contributed by atoms with E-state index in [0.29, 0.717) is 25.4 Å². The molecule has 0 aromatic heterocycles. The first-order valence-electron chi connectivity index (χ1n) is 9.02. The van der Waals surface area contributed by atoms with Gasteiger partial charge in [-0.15, -0.1) is 0 Å². The van der Waals surface area contributed by atoms with Crippen molar-refractivity contribution >= 4 is 27.9 Å². The second-order valence-electron chi connectivity index (χ2n) is 6.48. The summed E-state index contributed by atoms with van der Waals surface area (Å²) in [4.78, 5) is 23.6. The maximum absolute atomic E-state index is 11.9. The lowest BCUT2D eigenvalue weighted by atomic mass is 10.0. The Bertz CT molecular complexity index is 542. The van der Waals surface area contributed by atoms with E-state index >= 15 is 0 Å². The van der Waals surface area contributed by atoms with Crippen LogP contribution in [0.1, 0.15) is 58.4 Å². The summed E-state index contributed by atoms with van der Waals surface area (Å²) in [7, 11) is 0. The van der Waals surface area contributed by atoms with E-state index in [9.17, 15) is 9.59 Å². The van der Waals surface area contributed by atoms with Gasteiger partial charge in [0.15, 0.2) is 0 Å². The third-order valence-corrected chi connectivity index (χ3v) is 4.73. The molecule has 1 aromatic carbocycles. The molecule has 0 fully saturated rings. The summed E-state index contributed by atoms with van der Waals surface area (Å²) in [6.07, 6.45) is 3.46. The highest BCUT2D eigenvalue weighted by atomic mass is 79.9. The van der Waals surface area contributed by atoms with Gasteiger partial charge in [-0.1, -0.05) is 61.3 Å². The molecule has 0 heterocycles. The van der Waals surface area contributed by atoms with Gasteiger partial charge in [-0.25, -0.2) is 0 Å². The van der Waals surface area contributed by atoms with Crippen LogP contribution in [0, 0.1) is 5.92 Å². The van der Waals surface area contributed by atoms with Crippen molar-refractivity contribution in [3.8, 4) is 0 Å². The second-order valence-corrected chi connectivity index (χ2v) is 7.33. The smallest absolute Gasteiger partial charge is 0.306 e. The molecule has 0 spiro atoms. The standard InChI is InChI=1S/C20H29BrO4/c1-4-8-18(15(2)3)25-20(23)12-7-11-19(22)24-14-13-16-9-5-6-10-17(16)21/h5-6,9-10,15,18H,4,7-8,11-14H2,1-3H3. The van der Waals surface area contributed by atoms with E-state index in [4.69, 9.17) is 9.47 Å². The fourth-order valence-corrected chi connectivity index (χ4v) is 2.95. The highest BCUT2D eigenvalue weighted by molar-refractivity contribution is 9.10. The summed E-state index contributed by atoms with van der Waals surface area (Å²) in [5.41, 5.74) is 1.11. The minimum atomic E-state index is -0.270. The van der Waals surface area contributed by atoms with Crippen molar-refractivity contribution in [3.63, 3.8) is 0 Å². The van der Waals surface area contributed by atoms with E-state index in [1.165, 1.54) is 0 Å². The van der Waals surface area contributed by atoms with Gasteiger partial charge < -0.3 is 9.47 Å². The largest absolute Gasteiger partial charge is 0.465 e. The fraction of sp³-hybridized carbons (Fsp3) is 0.600. The van der Waals surface area contributed by atoms with E-state index in [2.05, 4.69) is 36.7 Å². The molecule has 4 nitrogen and oxygen atoms in total. The van der Waals surface area contributed by atoms with Gasteiger partial charge in [0.2, 0.25) is 0 Å². The predicted molar refractivity (Wildman–Crippen MR) is 102 cm³/mol. The van der Waals surface area contributed by atoms with Crippen LogP contribution in [0.5, 0.6) is 0 Å². The number of hydrogen-bond donors (Lipinski definition) is 0. The van der Waals surface area contributed by atoms with Crippen LogP contribution in [-0.2, 0) is 25.5 Å². The Balaban J connectivity index is 2.19. The summed E-state index contributed by atoms with van der Waals surface area (Å²) in [5, 5.41) is 0. The van der Waals surface area contributed by atoms with Crippen molar-refractivity contribution < 1.29 is 19.1 Å². The summed E-state index contributed by atoms with van der Waals surface area (Å²) in [6, 6.07) is 7.86. The van der Waals surface area contributed by atoms with Gasteiger partial charge >= 0.3 is 11.9 Å². The predicted octanol–water partition coefficient (Wildman–Crippen LogP) is 5.07. The van der Waals surface area contributed by atoms with E-state index in [0.717, 1.165) is 22.9 Å². The number of carbonyl (C=O) groups excluding carboxylic acids is 2. The lowest BCUT2D eigenvalue weighted by Crippen LogP contribution is -2.23. The van der Waals surface area contributed by atoms with Gasteiger partial charge in [0, 0.05) is 23.7 Å². The molecule has 0 aliphatic rings. The normalized spacial score (nSPS) is 12.0. The van der Waals surface area contributed by atoms with Gasteiger partial charge in [0.1, 0.15) is 6.10 Å². The maximum atomic E-state index is 11.9. The topological polar surface area (TPSA) is 52.6 Å². The SMILES string of the molecule is CCCC(OC(=O)CCCC(=O)OCCc1ccccc1Br)C(C)C. The van der Waals surface area contributed by atoms with Crippen molar-refractivity contribution in [3.05, 3.63) is 34.3 Å². The minimum absolute atomic E-state index is 0.0335. The average Bonchev–Trinajstić information content (AvgIpc) is 2.56. The van der Waals surface area contributed by atoms with Crippen molar-refractivity contribution in [1.29, 1.82) is 0 Å². The molecule has 0 N–H and O–H groups in total. The number of carbonyl (C=O) groups is 2. The number of rotatable bonds is 11. The van der Waals surface area contributed by atoms with E-state index in [1.807, 2.05) is 24.3 Å². The third kappa shape index (κ3) is 9.05. The van der Waals surface area contributed by atoms with Gasteiger partial charge in [-0.05, 0) is 30.4 Å². The van der Waals surface area contributed by atoms with Crippen molar-refractivity contribution in [2.24, 2.45) is 5.92 Å². The van der Waals surface area contributed by atoms with Gasteiger partial charge in [0.05, 0.1) is 6.61 Å². The van der Waals surface area contributed by atoms with Crippen LogP contribution in [0.15, 0.2) is 28.7 Å². The highest BCUT2D eigenvalue weighted by Gasteiger charge is 2.17. The first kappa shape index (κ1) is 21.7. The average molecular weight is 413 g/mol. The molecule has 1 aromatic rings. The molecule has 0 saturated carbocycles. The molecule has 0 bridgehead atoms. The van der Waals surface area contributed by atoms with Crippen LogP contribution < -0.4 is 0 Å². The first-order valence-corrected chi connectivity index (χ1v) is 9.81. The Hall–Kier alpha value is -1.36. The van der Waals surface area contributed by atoms with Gasteiger partial charge in [0.25, 0.3) is 0 Å². The van der Waals surface area contributed by atoms with Crippen molar-refractivity contribution in [2.75, 3.05) is 6.61 Å². The fourth-order valence-electron chi connectivity index (χ4n) is 2.47. The second kappa shape index (κ2) is 12.1. The lowest BCUT2D eigenvalue weighted by molar-refractivity contribution is -0.152. The summed E-state index contributed by atoms with van der Waals surface area (Å²) < 4.78 is 11.7. The zero-order valence-corrected chi connectivity index (χ0v) is 17.0. The number of ether oxygens (including phenoxy) is 2. The minimum Gasteiger partial charge on any atom is -0.465 e. The first-order chi connectivity index (χ1) is 11.9. The molecule has 0 aliphatic heterocycles. The van der Waals surface area contributed by atoms with Crippen LogP contribution in [0.2, 0.25) is 0 Å². The van der Waals surface area contributed by atoms with Crippen molar-refractivity contribution in [1.82, 2.24) is 0 Å². The van der Waals surface area contributed by atoms with Crippen molar-refractivity contribution in [2.45, 2.75) is 65.4 Å². The van der Waals surface area contributed by atoms with E-state index in [1.54, 1.807) is 0 Å². The van der Waals surface area contributed by atoms with Gasteiger partial charge in [-0.2, -0.15) is 0 Å². The third-order valence-electron chi connectivity index (χ3n) is 3.95. The van der Waals surface area contributed by atoms with Crippen LogP contribution >= 0.6 is 15.9 Å². The zero-order chi connectivity index (χ0) is 18.7. The van der Waals surface area contributed by atoms with Crippen LogP contribution in [-0.4, -0.2) is 24.6 Å². The van der Waals surface area contributed by atoms with Gasteiger partial charge in [-0.3, -0.25) is 9.59 Å². The molecule has 1 rings (SSSR count). The van der Waals surface area contributed by atoms with Crippen LogP contribution in [0.4, 0.5) is 0 Å². The van der Waals surface area contributed by atoms with Crippen LogP contribution in [0.25, 0.3) is 0 Å². The quantitative estimate of drug-likeness (QED) is 0.475. The lowest BCUT2D eigenvalue weighted by Gasteiger charge is -2.20. The Morgan fingerprint density at radius 2 is 1.80 bits per heavy atom. The molecule has 0 aliphatic carbocycles. The molecule has 1 atom stereocenters. The molecule has 5 heteroatoms. The highest BCUT2D eigenvalue weighted by Crippen LogP contribution is 2.17. The molecule has 140 valence electrons. The number of hydrogen-bond acceptors (Lipinski definition) is 4. The number of halogens is 1. The Kier molecular flexibility index (Phi) is 10.5. The van der Waals surface area contributed by atoms with E-state index < -0.39 is 0 Å². The summed E-state index contributed by atoms with van der Waals surface area (Å²) in [5.74, 6) is -0.187.